The van der Waals surface area contributed by atoms with Crippen LogP contribution >= 0.6 is 11.3 Å². The van der Waals surface area contributed by atoms with E-state index in [1.807, 2.05) is 24.3 Å². The van der Waals surface area contributed by atoms with Gasteiger partial charge in [-0.15, -0.1) is 11.3 Å². The number of benzene rings is 1. The molecular weight excluding hydrogens is 406 g/mol. The van der Waals surface area contributed by atoms with Gasteiger partial charge in [-0.3, -0.25) is 9.59 Å². The number of thiophene rings is 1. The Morgan fingerprint density at radius 1 is 1.06 bits per heavy atom. The molecule has 0 bridgehead atoms. The largest absolute Gasteiger partial charge is 0.356 e. The van der Waals surface area contributed by atoms with Gasteiger partial charge in [0.1, 0.15) is 4.83 Å². The lowest BCUT2D eigenvalue weighted by Crippen LogP contribution is -2.31. The summed E-state index contributed by atoms with van der Waals surface area (Å²) < 4.78 is 0. The van der Waals surface area contributed by atoms with Crippen LogP contribution in [-0.2, 0) is 11.2 Å². The normalized spacial score (nSPS) is 18.6. The molecule has 31 heavy (non-hydrogen) atoms. The number of nitrogens with zero attached hydrogens (tertiary/aromatic N) is 1. The summed E-state index contributed by atoms with van der Waals surface area (Å²) in [5, 5.41) is 7.03. The Morgan fingerprint density at radius 2 is 1.84 bits per heavy atom. The maximum atomic E-state index is 12.5. The van der Waals surface area contributed by atoms with Crippen LogP contribution in [0.15, 0.2) is 48.7 Å². The Labute approximate surface area is 187 Å². The lowest BCUT2D eigenvalue weighted by atomic mass is 9.78. The van der Waals surface area contributed by atoms with E-state index in [2.05, 4.69) is 33.8 Å². The van der Waals surface area contributed by atoms with E-state index in [-0.39, 0.29) is 11.8 Å². The number of hydrogen-bond donors (Lipinski definition) is 2. The van der Waals surface area contributed by atoms with Gasteiger partial charge >= 0.3 is 0 Å². The van der Waals surface area contributed by atoms with Gasteiger partial charge in [0.15, 0.2) is 0 Å². The summed E-state index contributed by atoms with van der Waals surface area (Å²) in [6.07, 6.45) is 7.30. The second-order valence-electron chi connectivity index (χ2n) is 8.29. The lowest BCUT2D eigenvalue weighted by molar-refractivity contribution is -0.121. The van der Waals surface area contributed by atoms with E-state index in [4.69, 9.17) is 0 Å². The van der Waals surface area contributed by atoms with Crippen molar-refractivity contribution < 1.29 is 9.59 Å². The zero-order valence-electron chi connectivity index (χ0n) is 17.9. The maximum absolute atomic E-state index is 12.5. The molecule has 0 atom stereocenters. The number of amides is 2. The number of carbonyl (C=O) groups excluding carboxylic acids is 2. The third kappa shape index (κ3) is 5.13. The topological polar surface area (TPSA) is 71.1 Å². The molecule has 1 aromatic carbocycles. The molecular formula is C25H29N3O2S. The molecule has 0 spiro atoms. The molecule has 1 aliphatic carbocycles. The van der Waals surface area contributed by atoms with E-state index in [0.29, 0.717) is 18.3 Å². The highest BCUT2D eigenvalue weighted by Gasteiger charge is 2.29. The number of hydrogen-bond acceptors (Lipinski definition) is 4. The third-order valence-electron chi connectivity index (χ3n) is 6.26. The summed E-state index contributed by atoms with van der Waals surface area (Å²) in [6, 6.07) is 14.2. The average Bonchev–Trinajstić information content (AvgIpc) is 3.21. The zero-order valence-corrected chi connectivity index (χ0v) is 18.7. The van der Waals surface area contributed by atoms with Gasteiger partial charge in [-0.1, -0.05) is 36.4 Å². The summed E-state index contributed by atoms with van der Waals surface area (Å²) >= 11 is 1.49. The monoisotopic (exact) mass is 435 g/mol. The Balaban J connectivity index is 1.32. The highest BCUT2D eigenvalue weighted by molar-refractivity contribution is 7.20. The van der Waals surface area contributed by atoms with E-state index < -0.39 is 0 Å². The number of carbonyl (C=O) groups is 2. The van der Waals surface area contributed by atoms with Gasteiger partial charge in [0.2, 0.25) is 5.91 Å². The molecule has 3 aromatic rings. The second-order valence-corrected chi connectivity index (χ2v) is 9.29. The Morgan fingerprint density at radius 3 is 2.58 bits per heavy atom. The Bertz CT molecular complexity index is 1040. The van der Waals surface area contributed by atoms with E-state index >= 15 is 0 Å². The van der Waals surface area contributed by atoms with Gasteiger partial charge in [-0.25, -0.2) is 4.98 Å². The van der Waals surface area contributed by atoms with E-state index in [1.165, 1.54) is 16.9 Å². The van der Waals surface area contributed by atoms with Crippen molar-refractivity contribution in [3.05, 3.63) is 64.7 Å². The van der Waals surface area contributed by atoms with Crippen LogP contribution in [0.5, 0.6) is 0 Å². The van der Waals surface area contributed by atoms with Gasteiger partial charge in [0, 0.05) is 31.6 Å². The molecule has 1 aliphatic rings. The van der Waals surface area contributed by atoms with Crippen molar-refractivity contribution in [2.45, 2.75) is 44.4 Å². The minimum absolute atomic E-state index is 0.0224. The molecule has 0 saturated heterocycles. The van der Waals surface area contributed by atoms with Crippen molar-refractivity contribution in [2.75, 3.05) is 13.6 Å². The van der Waals surface area contributed by atoms with Crippen molar-refractivity contribution in [3.63, 3.8) is 0 Å². The smallest absolute Gasteiger partial charge is 0.261 e. The molecule has 1 fully saturated rings. The Kier molecular flexibility index (Phi) is 6.97. The van der Waals surface area contributed by atoms with Crippen LogP contribution in [0, 0.1) is 5.92 Å². The standard InChI is InChI=1S/C25H29N3O2S/c1-26-24(30)23-22(20-8-5-15-27-25(20)31-23)19-12-9-18(10-13-19)16-28-21(29)14-11-17-6-3-2-4-7-17/h2-8,15,18-19H,9-14,16H2,1H3,(H,26,30)(H,28,29). The van der Waals surface area contributed by atoms with Gasteiger partial charge in [-0.2, -0.15) is 0 Å². The van der Waals surface area contributed by atoms with Crippen LogP contribution < -0.4 is 10.6 Å². The van der Waals surface area contributed by atoms with Crippen LogP contribution in [-0.4, -0.2) is 30.4 Å². The molecule has 0 unspecified atom stereocenters. The van der Waals surface area contributed by atoms with E-state index in [1.54, 1.807) is 13.2 Å². The Hall–Kier alpha value is -2.73. The summed E-state index contributed by atoms with van der Waals surface area (Å²) in [4.78, 5) is 30.9. The fraction of sp³-hybridized carbons (Fsp3) is 0.400. The van der Waals surface area contributed by atoms with Crippen LogP contribution in [0.2, 0.25) is 0 Å². The van der Waals surface area contributed by atoms with Gasteiger partial charge in [0.05, 0.1) is 4.88 Å². The first-order valence-corrected chi connectivity index (χ1v) is 11.9. The fourth-order valence-corrected chi connectivity index (χ4v) is 5.72. The first-order valence-electron chi connectivity index (χ1n) is 11.1. The van der Waals surface area contributed by atoms with Gasteiger partial charge in [-0.05, 0) is 61.1 Å². The minimum Gasteiger partial charge on any atom is -0.356 e. The van der Waals surface area contributed by atoms with Gasteiger partial charge < -0.3 is 10.6 Å². The minimum atomic E-state index is -0.0224. The van der Waals surface area contributed by atoms with Crippen molar-refractivity contribution >= 4 is 33.4 Å². The molecule has 0 aliphatic heterocycles. The highest BCUT2D eigenvalue weighted by Crippen LogP contribution is 2.43. The molecule has 162 valence electrons. The molecule has 4 rings (SSSR count). The molecule has 0 radical (unpaired) electrons. The lowest BCUT2D eigenvalue weighted by Gasteiger charge is -2.29. The van der Waals surface area contributed by atoms with E-state index in [0.717, 1.165) is 59.3 Å². The number of aromatic nitrogens is 1. The molecule has 2 amide bonds. The summed E-state index contributed by atoms with van der Waals surface area (Å²) in [5.41, 5.74) is 2.36. The predicted molar refractivity (Wildman–Crippen MR) is 125 cm³/mol. The van der Waals surface area contributed by atoms with Crippen molar-refractivity contribution in [2.24, 2.45) is 5.92 Å². The first kappa shape index (κ1) is 21.5. The molecule has 5 nitrogen and oxygen atoms in total. The maximum Gasteiger partial charge on any atom is 0.261 e. The SMILES string of the molecule is CNC(=O)c1sc2ncccc2c1C1CCC(CNC(=O)CCc2ccccc2)CC1. The molecule has 2 heterocycles. The molecule has 2 N–H and O–H groups in total. The fourth-order valence-electron chi connectivity index (χ4n) is 4.54. The summed E-state index contributed by atoms with van der Waals surface area (Å²) in [6.45, 7) is 0.745. The first-order chi connectivity index (χ1) is 15.2. The van der Waals surface area contributed by atoms with Crippen molar-refractivity contribution in [1.82, 2.24) is 15.6 Å². The molecule has 1 saturated carbocycles. The quantitative estimate of drug-likeness (QED) is 0.566. The van der Waals surface area contributed by atoms with Crippen LogP contribution in [0.3, 0.4) is 0 Å². The van der Waals surface area contributed by atoms with Crippen LogP contribution in [0.25, 0.3) is 10.2 Å². The molecule has 6 heteroatoms. The number of aryl methyl sites for hydroxylation is 1. The second kappa shape index (κ2) is 10.1. The van der Waals surface area contributed by atoms with Crippen LogP contribution in [0.4, 0.5) is 0 Å². The summed E-state index contributed by atoms with van der Waals surface area (Å²) in [5.74, 6) is 0.979. The summed E-state index contributed by atoms with van der Waals surface area (Å²) in [7, 11) is 1.68. The highest BCUT2D eigenvalue weighted by atomic mass is 32.1. The zero-order chi connectivity index (χ0) is 21.6. The third-order valence-corrected chi connectivity index (χ3v) is 7.39. The number of fused-ring (bicyclic) bond motifs is 1. The molecule has 2 aromatic heterocycles. The predicted octanol–water partition coefficient (Wildman–Crippen LogP) is 4.68. The van der Waals surface area contributed by atoms with E-state index in [9.17, 15) is 9.59 Å². The number of nitrogens with one attached hydrogen (secondary N) is 2. The van der Waals surface area contributed by atoms with Crippen molar-refractivity contribution in [3.8, 4) is 0 Å². The number of rotatable bonds is 7. The van der Waals surface area contributed by atoms with Crippen LogP contribution in [0.1, 0.15) is 58.8 Å². The van der Waals surface area contributed by atoms with Gasteiger partial charge in [0.25, 0.3) is 5.91 Å². The average molecular weight is 436 g/mol. The number of pyridine rings is 1. The van der Waals surface area contributed by atoms with Crippen molar-refractivity contribution in [1.29, 1.82) is 0 Å².